The Kier molecular flexibility index (Phi) is 7.19. The molecule has 1 heterocycles. The number of carbonyl (C=O) groups excluding carboxylic acids is 3. The van der Waals surface area contributed by atoms with Crippen LogP contribution in [0.1, 0.15) is 38.5 Å². The Morgan fingerprint density at radius 3 is 2.76 bits per heavy atom. The molecule has 0 saturated carbocycles. The lowest BCUT2D eigenvalue weighted by Gasteiger charge is -2.25. The number of amides is 3. The van der Waals surface area contributed by atoms with Gasteiger partial charge in [0, 0.05) is 12.1 Å². The molecule has 1 fully saturated rings. The third kappa shape index (κ3) is 6.06. The quantitative estimate of drug-likeness (QED) is 0.499. The highest BCUT2D eigenvalue weighted by Crippen LogP contribution is 2.11. The lowest BCUT2D eigenvalue weighted by molar-refractivity contribution is -0.132. The van der Waals surface area contributed by atoms with Gasteiger partial charge in [-0.3, -0.25) is 14.4 Å². The summed E-state index contributed by atoms with van der Waals surface area (Å²) in [4.78, 5) is 36.4. The fourth-order valence-electron chi connectivity index (χ4n) is 2.76. The van der Waals surface area contributed by atoms with Crippen molar-refractivity contribution in [2.75, 3.05) is 5.32 Å². The number of benzene rings is 1. The molecule has 25 heavy (non-hydrogen) atoms. The highest BCUT2D eigenvalue weighted by Gasteiger charge is 2.28. The Bertz CT molecular complexity index is 616. The van der Waals surface area contributed by atoms with E-state index < -0.39 is 12.1 Å². The first kappa shape index (κ1) is 18.7. The van der Waals surface area contributed by atoms with Gasteiger partial charge in [0.25, 0.3) is 0 Å². The van der Waals surface area contributed by atoms with Gasteiger partial charge in [0.2, 0.25) is 17.7 Å². The first-order valence-electron chi connectivity index (χ1n) is 8.66. The number of piperidine rings is 1. The van der Waals surface area contributed by atoms with E-state index >= 15 is 0 Å². The molecule has 2 rings (SSSR count). The summed E-state index contributed by atoms with van der Waals surface area (Å²) < 4.78 is 0. The van der Waals surface area contributed by atoms with Crippen LogP contribution in [0.4, 0.5) is 5.69 Å². The lowest BCUT2D eigenvalue weighted by atomic mass is 10.0. The van der Waals surface area contributed by atoms with Crippen LogP contribution in [0.25, 0.3) is 0 Å². The molecule has 1 aliphatic rings. The zero-order chi connectivity index (χ0) is 18.1. The predicted octanol–water partition coefficient (Wildman–Crippen LogP) is 2.13. The van der Waals surface area contributed by atoms with Crippen molar-refractivity contribution in [2.45, 2.75) is 50.6 Å². The first-order valence-corrected chi connectivity index (χ1v) is 8.66. The molecule has 2 unspecified atom stereocenters. The minimum absolute atomic E-state index is 0.122. The smallest absolute Gasteiger partial charge is 0.246 e. The fourth-order valence-corrected chi connectivity index (χ4v) is 2.76. The SMILES string of the molecule is C=CCCCC(NC(=O)C1CCCC(=O)N1)C(=O)Nc1ccccc1. The number of hydrogen-bond donors (Lipinski definition) is 3. The third-order valence-electron chi connectivity index (χ3n) is 4.12. The Morgan fingerprint density at radius 2 is 2.08 bits per heavy atom. The molecule has 3 N–H and O–H groups in total. The van der Waals surface area contributed by atoms with Gasteiger partial charge < -0.3 is 16.0 Å². The highest BCUT2D eigenvalue weighted by molar-refractivity contribution is 5.98. The summed E-state index contributed by atoms with van der Waals surface area (Å²) in [6.45, 7) is 3.68. The van der Waals surface area contributed by atoms with Gasteiger partial charge in [0.1, 0.15) is 12.1 Å². The molecule has 2 atom stereocenters. The second-order valence-corrected chi connectivity index (χ2v) is 6.15. The monoisotopic (exact) mass is 343 g/mol. The Morgan fingerprint density at radius 1 is 1.32 bits per heavy atom. The van der Waals surface area contributed by atoms with E-state index in [9.17, 15) is 14.4 Å². The second kappa shape index (κ2) is 9.61. The van der Waals surface area contributed by atoms with Crippen LogP contribution in [0.3, 0.4) is 0 Å². The Balaban J connectivity index is 1.98. The van der Waals surface area contributed by atoms with Gasteiger partial charge >= 0.3 is 0 Å². The minimum Gasteiger partial charge on any atom is -0.344 e. The van der Waals surface area contributed by atoms with E-state index in [1.807, 2.05) is 18.2 Å². The number of carbonyl (C=O) groups is 3. The van der Waals surface area contributed by atoms with Gasteiger partial charge in [-0.1, -0.05) is 24.3 Å². The van der Waals surface area contributed by atoms with Crippen molar-refractivity contribution in [3.8, 4) is 0 Å². The van der Waals surface area contributed by atoms with Crippen molar-refractivity contribution in [3.05, 3.63) is 43.0 Å². The normalized spacial score (nSPS) is 17.9. The number of para-hydroxylation sites is 1. The summed E-state index contributed by atoms with van der Waals surface area (Å²) in [5, 5.41) is 8.28. The number of hydrogen-bond acceptors (Lipinski definition) is 3. The first-order chi connectivity index (χ1) is 12.1. The van der Waals surface area contributed by atoms with Gasteiger partial charge in [-0.25, -0.2) is 0 Å². The van der Waals surface area contributed by atoms with Gasteiger partial charge in [-0.2, -0.15) is 0 Å². The molecule has 3 amide bonds. The van der Waals surface area contributed by atoms with E-state index in [1.165, 1.54) is 0 Å². The molecule has 0 bridgehead atoms. The van der Waals surface area contributed by atoms with Crippen LogP contribution in [-0.2, 0) is 14.4 Å². The van der Waals surface area contributed by atoms with Crippen LogP contribution in [0.15, 0.2) is 43.0 Å². The van der Waals surface area contributed by atoms with Crippen molar-refractivity contribution >= 4 is 23.4 Å². The largest absolute Gasteiger partial charge is 0.344 e. The molecular formula is C19H25N3O3. The minimum atomic E-state index is -0.647. The van der Waals surface area contributed by atoms with Crippen molar-refractivity contribution in [1.82, 2.24) is 10.6 Å². The molecule has 0 radical (unpaired) electrons. The van der Waals surface area contributed by atoms with Crippen LogP contribution in [0.5, 0.6) is 0 Å². The third-order valence-corrected chi connectivity index (χ3v) is 4.12. The summed E-state index contributed by atoms with van der Waals surface area (Å²) in [5.74, 6) is -0.686. The van der Waals surface area contributed by atoms with Crippen LogP contribution in [0.2, 0.25) is 0 Å². The average molecular weight is 343 g/mol. The average Bonchev–Trinajstić information content (AvgIpc) is 2.61. The van der Waals surface area contributed by atoms with Crippen LogP contribution in [-0.4, -0.2) is 29.8 Å². The molecule has 1 aromatic rings. The molecule has 1 aliphatic heterocycles. The molecular weight excluding hydrogens is 318 g/mol. The van der Waals surface area contributed by atoms with Gasteiger partial charge in [0.05, 0.1) is 0 Å². The van der Waals surface area contributed by atoms with Crippen LogP contribution >= 0.6 is 0 Å². The summed E-state index contributed by atoms with van der Waals surface area (Å²) >= 11 is 0. The highest BCUT2D eigenvalue weighted by atomic mass is 16.2. The summed E-state index contributed by atoms with van der Waals surface area (Å²) in [6.07, 6.45) is 5.53. The zero-order valence-corrected chi connectivity index (χ0v) is 14.3. The number of nitrogens with one attached hydrogen (secondary N) is 3. The molecule has 0 aromatic heterocycles. The number of allylic oxidation sites excluding steroid dienone is 1. The molecule has 6 heteroatoms. The molecule has 1 saturated heterocycles. The maximum Gasteiger partial charge on any atom is 0.246 e. The van der Waals surface area contributed by atoms with E-state index in [4.69, 9.17) is 0 Å². The predicted molar refractivity (Wildman–Crippen MR) is 96.8 cm³/mol. The molecule has 0 aliphatic carbocycles. The number of unbranched alkanes of at least 4 members (excludes halogenated alkanes) is 1. The summed E-state index contributed by atoms with van der Waals surface area (Å²) in [6, 6.07) is 7.91. The number of anilines is 1. The molecule has 6 nitrogen and oxygen atoms in total. The van der Waals surface area contributed by atoms with Crippen LogP contribution < -0.4 is 16.0 Å². The topological polar surface area (TPSA) is 87.3 Å². The lowest BCUT2D eigenvalue weighted by Crippen LogP contribution is -2.53. The van der Waals surface area contributed by atoms with E-state index in [0.717, 1.165) is 12.8 Å². The van der Waals surface area contributed by atoms with Crippen molar-refractivity contribution < 1.29 is 14.4 Å². The Labute approximate surface area is 148 Å². The molecule has 1 aromatic carbocycles. The summed E-state index contributed by atoms with van der Waals surface area (Å²) in [5.41, 5.74) is 0.682. The number of rotatable bonds is 8. The van der Waals surface area contributed by atoms with Gasteiger partial charge in [0.15, 0.2) is 0 Å². The van der Waals surface area contributed by atoms with E-state index in [-0.39, 0.29) is 17.7 Å². The fraction of sp³-hybridized carbons (Fsp3) is 0.421. The molecule has 134 valence electrons. The van der Waals surface area contributed by atoms with Gasteiger partial charge in [-0.05, 0) is 44.2 Å². The molecule has 0 spiro atoms. The standard InChI is InChI=1S/C19H25N3O3/c1-2-3-5-11-16(18(24)20-14-9-6-4-7-10-14)22-19(25)15-12-8-13-17(23)21-15/h2,4,6-7,9-10,15-16H,1,3,5,8,11-13H2,(H,20,24)(H,21,23)(H,22,25). The maximum atomic E-state index is 12.6. The zero-order valence-electron chi connectivity index (χ0n) is 14.3. The second-order valence-electron chi connectivity index (χ2n) is 6.15. The van der Waals surface area contributed by atoms with Gasteiger partial charge in [-0.15, -0.1) is 6.58 Å². The maximum absolute atomic E-state index is 12.6. The Hall–Kier alpha value is -2.63. The van der Waals surface area contributed by atoms with Crippen molar-refractivity contribution in [2.24, 2.45) is 0 Å². The van der Waals surface area contributed by atoms with Crippen molar-refractivity contribution in [3.63, 3.8) is 0 Å². The van der Waals surface area contributed by atoms with Crippen LogP contribution in [0, 0.1) is 0 Å². The summed E-state index contributed by atoms with van der Waals surface area (Å²) in [7, 11) is 0. The van der Waals surface area contributed by atoms with Crippen molar-refractivity contribution in [1.29, 1.82) is 0 Å². The van der Waals surface area contributed by atoms with E-state index in [1.54, 1.807) is 18.2 Å². The van der Waals surface area contributed by atoms with E-state index in [2.05, 4.69) is 22.5 Å². The van der Waals surface area contributed by atoms with E-state index in [0.29, 0.717) is 31.4 Å².